The summed E-state index contributed by atoms with van der Waals surface area (Å²) in [7, 11) is 0. The van der Waals surface area contributed by atoms with Crippen molar-refractivity contribution >= 4 is 29.1 Å². The smallest absolute Gasteiger partial charge is 0.263 e. The Labute approximate surface area is 174 Å². The lowest BCUT2D eigenvalue weighted by molar-refractivity contribution is -0.123. The Morgan fingerprint density at radius 3 is 2.43 bits per heavy atom. The minimum atomic E-state index is -0.921. The highest BCUT2D eigenvalue weighted by atomic mass is 16.2. The van der Waals surface area contributed by atoms with Crippen LogP contribution in [0, 0.1) is 13.8 Å². The number of hydrogen-bond acceptors (Lipinski definition) is 6. The maximum atomic E-state index is 13.0. The topological polar surface area (TPSA) is 94.4 Å². The molecule has 4 rings (SSSR count). The van der Waals surface area contributed by atoms with E-state index in [9.17, 15) is 14.4 Å². The predicted octanol–water partition coefficient (Wildman–Crippen LogP) is 2.80. The van der Waals surface area contributed by atoms with Gasteiger partial charge in [0.25, 0.3) is 11.8 Å². The molecule has 30 heavy (non-hydrogen) atoms. The number of fused-ring (bicyclic) bond motifs is 1. The van der Waals surface area contributed by atoms with Crippen molar-refractivity contribution in [2.75, 3.05) is 16.8 Å². The quantitative estimate of drug-likeness (QED) is 0.774. The molecule has 2 aromatic rings. The number of aryl methyl sites for hydroxylation is 3. The van der Waals surface area contributed by atoms with Gasteiger partial charge in [0.2, 0.25) is 5.91 Å². The first-order valence-corrected chi connectivity index (χ1v) is 9.90. The van der Waals surface area contributed by atoms with E-state index in [2.05, 4.69) is 22.6 Å². The Balaban J connectivity index is 1.47. The minimum Gasteiger partial charge on any atom is -0.324 e. The monoisotopic (exact) mass is 405 g/mol. The molecule has 1 fully saturated rings. The molecule has 0 aliphatic carbocycles. The van der Waals surface area contributed by atoms with Gasteiger partial charge >= 0.3 is 0 Å². The number of nitrogens with zero attached hydrogens (tertiary/aromatic N) is 4. The zero-order valence-corrected chi connectivity index (χ0v) is 17.1. The van der Waals surface area contributed by atoms with E-state index in [-0.39, 0.29) is 12.5 Å². The lowest BCUT2D eigenvalue weighted by Gasteiger charge is -2.20. The van der Waals surface area contributed by atoms with Crippen molar-refractivity contribution in [3.8, 4) is 0 Å². The van der Waals surface area contributed by atoms with Crippen molar-refractivity contribution < 1.29 is 14.4 Å². The molecule has 8 nitrogen and oxygen atoms in total. The molecule has 3 amide bonds. The lowest BCUT2D eigenvalue weighted by atomic mass is 10.1. The second-order valence-corrected chi connectivity index (χ2v) is 7.57. The predicted molar refractivity (Wildman–Crippen MR) is 112 cm³/mol. The molecule has 0 aromatic heterocycles. The lowest BCUT2D eigenvalue weighted by Crippen LogP contribution is -2.43. The van der Waals surface area contributed by atoms with Gasteiger partial charge in [0.05, 0.1) is 5.69 Å². The van der Waals surface area contributed by atoms with Crippen molar-refractivity contribution in [3.05, 3.63) is 59.2 Å². The zero-order valence-electron chi connectivity index (χ0n) is 17.1. The van der Waals surface area contributed by atoms with Gasteiger partial charge in [-0.1, -0.05) is 30.3 Å². The average molecular weight is 405 g/mol. The molecule has 0 spiro atoms. The second-order valence-electron chi connectivity index (χ2n) is 7.57. The molecule has 1 N–H and O–H groups in total. The first-order valence-electron chi connectivity index (χ1n) is 9.90. The summed E-state index contributed by atoms with van der Waals surface area (Å²) in [5.41, 5.74) is 4.40. The normalized spacial score (nSPS) is 20.1. The van der Waals surface area contributed by atoms with Gasteiger partial charge in [-0.15, -0.1) is 0 Å². The molecule has 2 atom stereocenters. The van der Waals surface area contributed by atoms with E-state index in [1.165, 1.54) is 10.6 Å². The third-order valence-electron chi connectivity index (χ3n) is 5.56. The standard InChI is InChI=1S/C22H23N5O3/c1-4-15-6-8-16(9-7-15)23-18(28)12-26-20-19(24-25-26)21(29)27(22(20)30)17-10-5-13(2)14(3)11-17/h5-11,19-20H,4,12H2,1-3H3,(H,23,28)/t19-,20-/m0/s1. The van der Waals surface area contributed by atoms with Gasteiger partial charge < -0.3 is 5.32 Å². The summed E-state index contributed by atoms with van der Waals surface area (Å²) in [6.45, 7) is 5.78. The summed E-state index contributed by atoms with van der Waals surface area (Å²) in [6.07, 6.45) is 0.915. The van der Waals surface area contributed by atoms with E-state index in [1.807, 2.05) is 44.2 Å². The molecule has 2 heterocycles. The largest absolute Gasteiger partial charge is 0.324 e. The fourth-order valence-corrected chi connectivity index (χ4v) is 3.64. The molecule has 0 unspecified atom stereocenters. The molecule has 154 valence electrons. The second kappa shape index (κ2) is 7.70. The van der Waals surface area contributed by atoms with E-state index < -0.39 is 23.9 Å². The Bertz CT molecular complexity index is 1050. The Morgan fingerprint density at radius 1 is 1.03 bits per heavy atom. The van der Waals surface area contributed by atoms with Crippen LogP contribution in [0.25, 0.3) is 0 Å². The fourth-order valence-electron chi connectivity index (χ4n) is 3.64. The summed E-state index contributed by atoms with van der Waals surface area (Å²) >= 11 is 0. The molecule has 0 bridgehead atoms. The van der Waals surface area contributed by atoms with Crippen LogP contribution in [0.1, 0.15) is 23.6 Å². The highest BCUT2D eigenvalue weighted by Crippen LogP contribution is 2.32. The number of carbonyl (C=O) groups is 3. The molecular formula is C22H23N5O3. The highest BCUT2D eigenvalue weighted by molar-refractivity contribution is 6.25. The first kappa shape index (κ1) is 19.8. The van der Waals surface area contributed by atoms with Crippen molar-refractivity contribution in [2.24, 2.45) is 10.3 Å². The van der Waals surface area contributed by atoms with Gasteiger partial charge in [-0.2, -0.15) is 5.11 Å². The van der Waals surface area contributed by atoms with Crippen LogP contribution >= 0.6 is 0 Å². The molecule has 2 aromatic carbocycles. The molecule has 2 aliphatic heterocycles. The third-order valence-corrected chi connectivity index (χ3v) is 5.56. The summed E-state index contributed by atoms with van der Waals surface area (Å²) in [4.78, 5) is 39.4. The zero-order chi connectivity index (χ0) is 21.4. The van der Waals surface area contributed by atoms with E-state index in [0.29, 0.717) is 11.4 Å². The summed E-state index contributed by atoms with van der Waals surface area (Å²) in [6, 6.07) is 11.2. The van der Waals surface area contributed by atoms with E-state index in [4.69, 9.17) is 0 Å². The van der Waals surface area contributed by atoms with Gasteiger partial charge in [-0.05, 0) is 61.2 Å². The minimum absolute atomic E-state index is 0.167. The van der Waals surface area contributed by atoms with Crippen LogP contribution in [0.3, 0.4) is 0 Å². The van der Waals surface area contributed by atoms with E-state index in [1.54, 1.807) is 12.1 Å². The molecule has 0 saturated carbocycles. The Morgan fingerprint density at radius 2 is 1.77 bits per heavy atom. The summed E-state index contributed by atoms with van der Waals surface area (Å²) in [5.74, 6) is -1.17. The number of amides is 3. The number of benzene rings is 2. The maximum Gasteiger partial charge on any atom is 0.263 e. The Kier molecular flexibility index (Phi) is 5.07. The van der Waals surface area contributed by atoms with Crippen LogP contribution in [-0.4, -0.2) is 41.4 Å². The van der Waals surface area contributed by atoms with Crippen LogP contribution in [0.15, 0.2) is 52.8 Å². The van der Waals surface area contributed by atoms with Crippen LogP contribution in [0.2, 0.25) is 0 Å². The van der Waals surface area contributed by atoms with Crippen LogP contribution < -0.4 is 10.2 Å². The Hall–Kier alpha value is -3.55. The number of rotatable bonds is 5. The average Bonchev–Trinajstić information content (AvgIpc) is 3.24. The number of nitrogens with one attached hydrogen (secondary N) is 1. The fraction of sp³-hybridized carbons (Fsp3) is 0.318. The molecule has 0 radical (unpaired) electrons. The number of anilines is 2. The van der Waals surface area contributed by atoms with Gasteiger partial charge in [0, 0.05) is 5.69 Å². The molecular weight excluding hydrogens is 382 g/mol. The maximum absolute atomic E-state index is 13.0. The number of hydrogen-bond donors (Lipinski definition) is 1. The van der Waals surface area contributed by atoms with Crippen molar-refractivity contribution in [1.29, 1.82) is 0 Å². The number of carbonyl (C=O) groups excluding carboxylic acids is 3. The van der Waals surface area contributed by atoms with Gasteiger partial charge in [-0.25, -0.2) is 4.90 Å². The van der Waals surface area contributed by atoms with Crippen LogP contribution in [0.5, 0.6) is 0 Å². The molecule has 1 saturated heterocycles. The summed E-state index contributed by atoms with van der Waals surface area (Å²) in [5, 5.41) is 12.0. The van der Waals surface area contributed by atoms with Crippen LogP contribution in [-0.2, 0) is 20.8 Å². The van der Waals surface area contributed by atoms with Crippen molar-refractivity contribution in [2.45, 2.75) is 39.3 Å². The highest BCUT2D eigenvalue weighted by Gasteiger charge is 2.55. The van der Waals surface area contributed by atoms with Gasteiger partial charge in [-0.3, -0.25) is 19.4 Å². The van der Waals surface area contributed by atoms with Crippen LogP contribution in [0.4, 0.5) is 11.4 Å². The SMILES string of the molecule is CCc1ccc(NC(=O)CN2N=N[C@@H]3C(=O)N(c4ccc(C)c(C)c4)C(=O)[C@H]32)cc1. The van der Waals surface area contributed by atoms with Crippen molar-refractivity contribution in [1.82, 2.24) is 5.01 Å². The third kappa shape index (κ3) is 3.45. The van der Waals surface area contributed by atoms with Crippen molar-refractivity contribution in [3.63, 3.8) is 0 Å². The molecule has 2 aliphatic rings. The number of imide groups is 1. The van der Waals surface area contributed by atoms with Gasteiger partial charge in [0.1, 0.15) is 6.54 Å². The summed E-state index contributed by atoms with van der Waals surface area (Å²) < 4.78 is 0. The molecule has 8 heteroatoms. The van der Waals surface area contributed by atoms with Gasteiger partial charge in [0.15, 0.2) is 12.1 Å². The van der Waals surface area contributed by atoms with E-state index in [0.717, 1.165) is 22.4 Å². The first-order chi connectivity index (χ1) is 14.4. The van der Waals surface area contributed by atoms with E-state index >= 15 is 0 Å².